The number of sulfonamides is 1. The first-order valence-electron chi connectivity index (χ1n) is 4.69. The van der Waals surface area contributed by atoms with Crippen LogP contribution < -0.4 is 4.72 Å². The molecule has 0 heterocycles. The zero-order valence-corrected chi connectivity index (χ0v) is 9.09. The average molecular weight is 223 g/mol. The molecule has 1 fully saturated rings. The van der Waals surface area contributed by atoms with Crippen LogP contribution in [0.4, 0.5) is 0 Å². The number of methoxy groups -OCH3 is 1. The summed E-state index contributed by atoms with van der Waals surface area (Å²) in [6, 6.07) is 0. The quantitative estimate of drug-likeness (QED) is 0.600. The molecule has 0 bridgehead atoms. The molecule has 0 aromatic rings. The highest BCUT2D eigenvalue weighted by Gasteiger charge is 2.30. The molecule has 0 radical (unpaired) electrons. The highest BCUT2D eigenvalue weighted by Crippen LogP contribution is 2.32. The molecule has 1 saturated carbocycles. The summed E-state index contributed by atoms with van der Waals surface area (Å²) in [6.45, 7) is 0.297. The number of nitrogens with one attached hydrogen (secondary N) is 1. The van der Waals surface area contributed by atoms with Crippen LogP contribution >= 0.6 is 0 Å². The molecule has 0 saturated heterocycles. The van der Waals surface area contributed by atoms with Gasteiger partial charge in [0.25, 0.3) is 0 Å². The summed E-state index contributed by atoms with van der Waals surface area (Å²) in [7, 11) is -1.83. The molecular formula is C8H17NO4S. The average Bonchev–Trinajstić information content (AvgIpc) is 2.94. The summed E-state index contributed by atoms with van der Waals surface area (Å²) in [6.07, 6.45) is 1.47. The molecule has 0 amide bonds. The third-order valence-electron chi connectivity index (χ3n) is 2.23. The molecular weight excluding hydrogens is 206 g/mol. The first-order chi connectivity index (χ1) is 6.55. The molecule has 1 aliphatic rings. The lowest BCUT2D eigenvalue weighted by molar-refractivity contribution is 0.155. The van der Waals surface area contributed by atoms with Gasteiger partial charge >= 0.3 is 0 Å². The number of aliphatic hydroxyl groups excluding tert-OH is 1. The summed E-state index contributed by atoms with van der Waals surface area (Å²) in [4.78, 5) is 0. The molecule has 0 aliphatic heterocycles. The Bertz CT molecular complexity index is 261. The molecule has 1 atom stereocenters. The fraction of sp³-hybridized carbons (Fsp3) is 1.00. The minimum atomic E-state index is -3.28. The number of hydrogen-bond donors (Lipinski definition) is 2. The van der Waals surface area contributed by atoms with Gasteiger partial charge in [-0.25, -0.2) is 13.1 Å². The van der Waals surface area contributed by atoms with Crippen LogP contribution in [0.5, 0.6) is 0 Å². The van der Waals surface area contributed by atoms with E-state index in [2.05, 4.69) is 9.46 Å². The lowest BCUT2D eigenvalue weighted by Gasteiger charge is -2.10. The van der Waals surface area contributed by atoms with Crippen LogP contribution in [0, 0.1) is 5.92 Å². The van der Waals surface area contributed by atoms with Crippen LogP contribution in [0.3, 0.4) is 0 Å². The van der Waals surface area contributed by atoms with E-state index in [9.17, 15) is 13.5 Å². The minimum Gasteiger partial charge on any atom is -0.391 e. The Hall–Kier alpha value is -0.170. The molecule has 5 nitrogen and oxygen atoms in total. The Labute approximate surface area is 84.5 Å². The molecule has 0 spiro atoms. The Morgan fingerprint density at radius 3 is 2.71 bits per heavy atom. The summed E-state index contributed by atoms with van der Waals surface area (Å²) in [5, 5.41) is 9.42. The van der Waals surface area contributed by atoms with Gasteiger partial charge in [0, 0.05) is 13.7 Å². The van der Waals surface area contributed by atoms with Crippen molar-refractivity contribution < 1.29 is 18.3 Å². The van der Waals surface area contributed by atoms with E-state index in [1.54, 1.807) is 0 Å². The second-order valence-corrected chi connectivity index (χ2v) is 5.49. The predicted molar refractivity (Wildman–Crippen MR) is 52.4 cm³/mol. The van der Waals surface area contributed by atoms with Gasteiger partial charge in [-0.1, -0.05) is 0 Å². The predicted octanol–water partition coefficient (Wildman–Crippen LogP) is -0.677. The smallest absolute Gasteiger partial charge is 0.213 e. The van der Waals surface area contributed by atoms with Crippen LogP contribution in [0.25, 0.3) is 0 Å². The fourth-order valence-electron chi connectivity index (χ4n) is 1.13. The number of hydrogen-bond acceptors (Lipinski definition) is 4. The second-order valence-electron chi connectivity index (χ2n) is 3.56. The Kier molecular flexibility index (Phi) is 4.31. The van der Waals surface area contributed by atoms with Gasteiger partial charge in [-0.3, -0.25) is 0 Å². The largest absolute Gasteiger partial charge is 0.391 e. The summed E-state index contributed by atoms with van der Waals surface area (Å²) in [5.74, 6) is 0.237. The van der Waals surface area contributed by atoms with Gasteiger partial charge < -0.3 is 9.84 Å². The molecule has 1 aliphatic carbocycles. The summed E-state index contributed by atoms with van der Waals surface area (Å²) in [5.41, 5.74) is 0. The fourth-order valence-corrected chi connectivity index (χ4v) is 2.08. The van der Waals surface area contributed by atoms with Crippen LogP contribution in [-0.2, 0) is 14.8 Å². The SMILES string of the molecule is COCCS(=O)(=O)NCC(O)C1CC1. The van der Waals surface area contributed by atoms with E-state index in [4.69, 9.17) is 0 Å². The molecule has 0 aromatic carbocycles. The molecule has 84 valence electrons. The highest BCUT2D eigenvalue weighted by molar-refractivity contribution is 7.89. The molecule has 6 heteroatoms. The van der Waals surface area contributed by atoms with E-state index < -0.39 is 16.1 Å². The van der Waals surface area contributed by atoms with Gasteiger partial charge in [0.05, 0.1) is 18.5 Å². The van der Waals surface area contributed by atoms with E-state index in [-0.39, 0.29) is 18.9 Å². The molecule has 1 rings (SSSR count). The van der Waals surface area contributed by atoms with E-state index in [0.29, 0.717) is 5.92 Å². The number of rotatable bonds is 7. The Morgan fingerprint density at radius 2 is 2.21 bits per heavy atom. The van der Waals surface area contributed by atoms with Crippen molar-refractivity contribution in [2.45, 2.75) is 18.9 Å². The summed E-state index contributed by atoms with van der Waals surface area (Å²) >= 11 is 0. The third kappa shape index (κ3) is 4.36. The Morgan fingerprint density at radius 1 is 1.57 bits per heavy atom. The van der Waals surface area contributed by atoms with Crippen LogP contribution in [-0.4, -0.2) is 45.6 Å². The zero-order valence-electron chi connectivity index (χ0n) is 8.27. The first kappa shape index (κ1) is 11.9. The Balaban J connectivity index is 2.20. The van der Waals surface area contributed by atoms with Gasteiger partial charge in [-0.05, 0) is 18.8 Å². The van der Waals surface area contributed by atoms with Crippen molar-refractivity contribution >= 4 is 10.0 Å². The lowest BCUT2D eigenvalue weighted by atomic mass is 10.2. The normalized spacial score (nSPS) is 19.6. The van der Waals surface area contributed by atoms with E-state index >= 15 is 0 Å². The van der Waals surface area contributed by atoms with Crippen LogP contribution in [0.1, 0.15) is 12.8 Å². The van der Waals surface area contributed by atoms with Crippen LogP contribution in [0.2, 0.25) is 0 Å². The monoisotopic (exact) mass is 223 g/mol. The van der Waals surface area contributed by atoms with Gasteiger partial charge in [0.2, 0.25) is 10.0 Å². The third-order valence-corrected chi connectivity index (χ3v) is 3.55. The van der Waals surface area contributed by atoms with Crippen molar-refractivity contribution in [2.24, 2.45) is 5.92 Å². The van der Waals surface area contributed by atoms with E-state index in [1.165, 1.54) is 7.11 Å². The van der Waals surface area contributed by atoms with Crippen molar-refractivity contribution in [1.29, 1.82) is 0 Å². The van der Waals surface area contributed by atoms with Gasteiger partial charge in [-0.2, -0.15) is 0 Å². The maximum Gasteiger partial charge on any atom is 0.213 e. The van der Waals surface area contributed by atoms with E-state index in [1.807, 2.05) is 0 Å². The van der Waals surface area contributed by atoms with Crippen molar-refractivity contribution in [2.75, 3.05) is 26.0 Å². The first-order valence-corrected chi connectivity index (χ1v) is 6.35. The second kappa shape index (κ2) is 5.06. The molecule has 2 N–H and O–H groups in total. The molecule has 14 heavy (non-hydrogen) atoms. The topological polar surface area (TPSA) is 75.6 Å². The van der Waals surface area contributed by atoms with Crippen LogP contribution in [0.15, 0.2) is 0 Å². The maximum atomic E-state index is 11.2. The van der Waals surface area contributed by atoms with Crippen molar-refractivity contribution in [3.63, 3.8) is 0 Å². The van der Waals surface area contributed by atoms with Gasteiger partial charge in [-0.15, -0.1) is 0 Å². The zero-order chi connectivity index (χ0) is 10.6. The van der Waals surface area contributed by atoms with Gasteiger partial charge in [0.1, 0.15) is 0 Å². The maximum absolute atomic E-state index is 11.2. The molecule has 1 unspecified atom stereocenters. The number of aliphatic hydroxyl groups is 1. The summed E-state index contributed by atoms with van der Waals surface area (Å²) < 4.78 is 29.5. The minimum absolute atomic E-state index is 0.0547. The van der Waals surface area contributed by atoms with Gasteiger partial charge in [0.15, 0.2) is 0 Å². The van der Waals surface area contributed by atoms with Crippen molar-refractivity contribution in [1.82, 2.24) is 4.72 Å². The highest BCUT2D eigenvalue weighted by atomic mass is 32.2. The van der Waals surface area contributed by atoms with Crippen molar-refractivity contribution in [3.8, 4) is 0 Å². The number of ether oxygens (including phenoxy) is 1. The lowest BCUT2D eigenvalue weighted by Crippen LogP contribution is -2.35. The molecule has 0 aromatic heterocycles. The van der Waals surface area contributed by atoms with Crippen molar-refractivity contribution in [3.05, 3.63) is 0 Å². The van der Waals surface area contributed by atoms with E-state index in [0.717, 1.165) is 12.8 Å². The standard InChI is InChI=1S/C8H17NO4S/c1-13-4-5-14(11,12)9-6-8(10)7-2-3-7/h7-10H,2-6H2,1H3.